The molecule has 1 heterocycles. The van der Waals surface area contributed by atoms with Crippen molar-refractivity contribution in [2.24, 2.45) is 0 Å². The minimum atomic E-state index is -0.761. The maximum Gasteiger partial charge on any atom is 0.317 e. The Morgan fingerprint density at radius 3 is 2.65 bits per heavy atom. The van der Waals surface area contributed by atoms with E-state index in [9.17, 15) is 4.79 Å². The van der Waals surface area contributed by atoms with Crippen molar-refractivity contribution in [3.63, 3.8) is 0 Å². The van der Waals surface area contributed by atoms with Crippen LogP contribution in [-0.4, -0.2) is 41.7 Å². The lowest BCUT2D eigenvalue weighted by Gasteiger charge is -2.30. The second-order valence-electron chi connectivity index (χ2n) is 4.22. The van der Waals surface area contributed by atoms with Crippen LogP contribution < -0.4 is 4.74 Å². The van der Waals surface area contributed by atoms with Crippen LogP contribution in [0.5, 0.6) is 5.75 Å². The molecule has 0 aromatic heterocycles. The van der Waals surface area contributed by atoms with Crippen molar-refractivity contribution in [3.8, 4) is 5.75 Å². The summed E-state index contributed by atoms with van der Waals surface area (Å²) in [6.45, 7) is 1.71. The van der Waals surface area contributed by atoms with E-state index < -0.39 is 5.97 Å². The van der Waals surface area contributed by atoms with E-state index in [2.05, 4.69) is 6.07 Å². The summed E-state index contributed by atoms with van der Waals surface area (Å²) in [5.41, 5.74) is 0. The summed E-state index contributed by atoms with van der Waals surface area (Å²) in [6, 6.07) is 10.4. The predicted molar refractivity (Wildman–Crippen MR) is 63.0 cm³/mol. The van der Waals surface area contributed by atoms with Crippen LogP contribution in [0.15, 0.2) is 24.3 Å². The highest BCUT2D eigenvalue weighted by atomic mass is 16.5. The average molecular weight is 234 g/mol. The summed E-state index contributed by atoms with van der Waals surface area (Å²) in [5, 5.41) is 8.69. The molecule has 1 aliphatic rings. The number of hydrogen-bond acceptors (Lipinski definition) is 3. The molecule has 0 aliphatic carbocycles. The van der Waals surface area contributed by atoms with E-state index in [0.717, 1.165) is 31.7 Å². The average Bonchev–Trinajstić information content (AvgIpc) is 2.32. The molecule has 1 radical (unpaired) electrons. The van der Waals surface area contributed by atoms with Crippen LogP contribution in [-0.2, 0) is 4.79 Å². The normalized spacial score (nSPS) is 17.9. The van der Waals surface area contributed by atoms with E-state index in [1.807, 2.05) is 29.2 Å². The third-order valence-electron chi connectivity index (χ3n) is 2.88. The molecule has 1 N–H and O–H groups in total. The first-order valence-corrected chi connectivity index (χ1v) is 5.81. The monoisotopic (exact) mass is 234 g/mol. The molecule has 17 heavy (non-hydrogen) atoms. The first-order chi connectivity index (χ1) is 8.24. The number of ether oxygens (including phenoxy) is 1. The highest BCUT2D eigenvalue weighted by Crippen LogP contribution is 2.18. The quantitative estimate of drug-likeness (QED) is 0.856. The lowest BCUT2D eigenvalue weighted by atomic mass is 10.1. The number of carboxylic acids is 1. The van der Waals surface area contributed by atoms with Crippen molar-refractivity contribution in [3.05, 3.63) is 30.3 Å². The molecule has 0 unspecified atom stereocenters. The van der Waals surface area contributed by atoms with Gasteiger partial charge in [-0.3, -0.25) is 9.69 Å². The first-order valence-electron chi connectivity index (χ1n) is 5.81. The Bertz CT molecular complexity index is 358. The molecule has 1 aliphatic heterocycles. The van der Waals surface area contributed by atoms with Gasteiger partial charge in [-0.05, 0) is 31.0 Å². The van der Waals surface area contributed by atoms with Gasteiger partial charge in [-0.25, -0.2) is 0 Å². The van der Waals surface area contributed by atoms with Crippen molar-refractivity contribution < 1.29 is 14.6 Å². The summed E-state index contributed by atoms with van der Waals surface area (Å²) in [7, 11) is 0. The van der Waals surface area contributed by atoms with Gasteiger partial charge in [0.1, 0.15) is 11.9 Å². The fourth-order valence-electron chi connectivity index (χ4n) is 2.02. The van der Waals surface area contributed by atoms with Crippen LogP contribution in [0.2, 0.25) is 0 Å². The second kappa shape index (κ2) is 5.68. The molecule has 4 heteroatoms. The summed E-state index contributed by atoms with van der Waals surface area (Å²) >= 11 is 0. The van der Waals surface area contributed by atoms with Gasteiger partial charge in [0.2, 0.25) is 0 Å². The van der Waals surface area contributed by atoms with Crippen molar-refractivity contribution in [1.29, 1.82) is 0 Å². The van der Waals surface area contributed by atoms with Gasteiger partial charge >= 0.3 is 5.97 Å². The zero-order valence-corrected chi connectivity index (χ0v) is 9.63. The smallest absolute Gasteiger partial charge is 0.317 e. The van der Waals surface area contributed by atoms with Crippen LogP contribution in [0.1, 0.15) is 12.8 Å². The molecule has 2 rings (SSSR count). The molecular formula is C13H16NO3. The number of likely N-dealkylation sites (tertiary alicyclic amines) is 1. The fraction of sp³-hybridized carbons (Fsp3) is 0.462. The van der Waals surface area contributed by atoms with Crippen molar-refractivity contribution in [2.45, 2.75) is 18.9 Å². The van der Waals surface area contributed by atoms with Gasteiger partial charge in [0, 0.05) is 13.1 Å². The first kappa shape index (κ1) is 11.9. The summed E-state index contributed by atoms with van der Waals surface area (Å²) in [6.07, 6.45) is 1.96. The third kappa shape index (κ3) is 3.75. The minimum Gasteiger partial charge on any atom is -0.490 e. The topological polar surface area (TPSA) is 49.8 Å². The SMILES string of the molecule is O=C(O)CN1CCC(Oc2cc[c]cc2)CC1. The standard InChI is InChI=1S/C13H16NO3/c15-13(16)10-14-8-6-12(7-9-14)17-11-4-2-1-3-5-11/h2-5,12H,6-10H2,(H,15,16). The van der Waals surface area contributed by atoms with Crippen LogP contribution in [0, 0.1) is 6.07 Å². The molecule has 1 saturated heterocycles. The van der Waals surface area contributed by atoms with Crippen molar-refractivity contribution in [1.82, 2.24) is 4.90 Å². The fourth-order valence-corrected chi connectivity index (χ4v) is 2.02. The molecule has 91 valence electrons. The minimum absolute atomic E-state index is 0.132. The van der Waals surface area contributed by atoms with E-state index in [4.69, 9.17) is 9.84 Å². The maximum atomic E-state index is 10.6. The molecule has 0 bridgehead atoms. The largest absolute Gasteiger partial charge is 0.490 e. The van der Waals surface area contributed by atoms with Crippen molar-refractivity contribution >= 4 is 5.97 Å². The third-order valence-corrected chi connectivity index (χ3v) is 2.88. The van der Waals surface area contributed by atoms with E-state index in [1.165, 1.54) is 0 Å². The van der Waals surface area contributed by atoms with Gasteiger partial charge in [-0.1, -0.05) is 12.1 Å². The number of nitrogens with zero attached hydrogens (tertiary/aromatic N) is 1. The number of benzene rings is 1. The number of rotatable bonds is 4. The second-order valence-corrected chi connectivity index (χ2v) is 4.22. The summed E-state index contributed by atoms with van der Waals surface area (Å²) in [4.78, 5) is 12.5. The maximum absolute atomic E-state index is 10.6. The number of carboxylic acid groups (broad SMARTS) is 1. The van der Waals surface area contributed by atoms with Crippen LogP contribution in [0.3, 0.4) is 0 Å². The summed E-state index contributed by atoms with van der Waals surface area (Å²) in [5.74, 6) is 0.100. The number of carbonyl (C=O) groups is 1. The van der Waals surface area contributed by atoms with Gasteiger partial charge in [-0.15, -0.1) is 0 Å². The number of aliphatic carboxylic acids is 1. The molecule has 1 fully saturated rings. The summed E-state index contributed by atoms with van der Waals surface area (Å²) < 4.78 is 5.81. The molecule has 0 atom stereocenters. The Hall–Kier alpha value is -1.55. The molecule has 0 amide bonds. The van der Waals surface area contributed by atoms with Gasteiger partial charge in [0.15, 0.2) is 0 Å². The molecule has 4 nitrogen and oxygen atoms in total. The lowest BCUT2D eigenvalue weighted by molar-refractivity contribution is -0.138. The lowest BCUT2D eigenvalue weighted by Crippen LogP contribution is -2.40. The number of piperidine rings is 1. The zero-order valence-electron chi connectivity index (χ0n) is 9.63. The van der Waals surface area contributed by atoms with Gasteiger partial charge < -0.3 is 9.84 Å². The Morgan fingerprint density at radius 2 is 2.06 bits per heavy atom. The Kier molecular flexibility index (Phi) is 3.98. The van der Waals surface area contributed by atoms with Crippen LogP contribution in [0.4, 0.5) is 0 Å². The van der Waals surface area contributed by atoms with Gasteiger partial charge in [0.05, 0.1) is 6.54 Å². The van der Waals surface area contributed by atoms with Crippen molar-refractivity contribution in [2.75, 3.05) is 19.6 Å². The number of hydrogen-bond donors (Lipinski definition) is 1. The van der Waals surface area contributed by atoms with E-state index in [-0.39, 0.29) is 12.6 Å². The van der Waals surface area contributed by atoms with E-state index >= 15 is 0 Å². The van der Waals surface area contributed by atoms with Crippen LogP contribution in [0.25, 0.3) is 0 Å². The zero-order chi connectivity index (χ0) is 12.1. The Labute approximate surface area is 101 Å². The Morgan fingerprint density at radius 1 is 1.41 bits per heavy atom. The highest BCUT2D eigenvalue weighted by Gasteiger charge is 2.21. The van der Waals surface area contributed by atoms with E-state index in [0.29, 0.717) is 0 Å². The Balaban J connectivity index is 1.78. The van der Waals surface area contributed by atoms with Gasteiger partial charge in [0.25, 0.3) is 0 Å². The molecule has 0 saturated carbocycles. The molecular weight excluding hydrogens is 218 g/mol. The molecule has 1 aromatic rings. The van der Waals surface area contributed by atoms with Crippen LogP contribution >= 0.6 is 0 Å². The predicted octanol–water partition coefficient (Wildman–Crippen LogP) is 1.41. The molecule has 0 spiro atoms. The van der Waals surface area contributed by atoms with E-state index in [1.54, 1.807) is 0 Å². The molecule has 1 aromatic carbocycles. The van der Waals surface area contributed by atoms with Gasteiger partial charge in [-0.2, -0.15) is 0 Å². The highest BCUT2D eigenvalue weighted by molar-refractivity contribution is 5.69.